The lowest BCUT2D eigenvalue weighted by atomic mass is 10.2. The van der Waals surface area contributed by atoms with Gasteiger partial charge >= 0.3 is 0 Å². The number of nitrogens with one attached hydrogen (secondary N) is 2. The van der Waals surface area contributed by atoms with Crippen LogP contribution in [0, 0.1) is 5.82 Å². The molecule has 0 spiro atoms. The van der Waals surface area contributed by atoms with Gasteiger partial charge in [-0.25, -0.2) is 17.5 Å². The number of anilines is 1. The summed E-state index contributed by atoms with van der Waals surface area (Å²) in [6.07, 6.45) is 0. The summed E-state index contributed by atoms with van der Waals surface area (Å²) in [4.78, 5) is 13.1. The van der Waals surface area contributed by atoms with Crippen LogP contribution in [0.1, 0.15) is 15.2 Å². The summed E-state index contributed by atoms with van der Waals surface area (Å²) in [5, 5.41) is 4.29. The molecule has 2 N–H and O–H groups in total. The summed E-state index contributed by atoms with van der Waals surface area (Å²) in [5.41, 5.74) is 0.147. The Bertz CT molecular complexity index is 1020. The molecule has 0 unspecified atom stereocenters. The molecule has 0 atom stereocenters. The van der Waals surface area contributed by atoms with E-state index in [-0.39, 0.29) is 22.7 Å². The van der Waals surface area contributed by atoms with Gasteiger partial charge in [-0.3, -0.25) is 4.79 Å². The monoisotopic (exact) mass is 390 g/mol. The molecular weight excluding hydrogens is 375 g/mol. The van der Waals surface area contributed by atoms with Crippen LogP contribution in [0.5, 0.6) is 0 Å². The number of carbonyl (C=O) groups excluding carboxylic acids is 1. The van der Waals surface area contributed by atoms with E-state index in [2.05, 4.69) is 10.0 Å². The Morgan fingerprint density at radius 3 is 2.58 bits per heavy atom. The smallest absolute Gasteiger partial charge is 0.255 e. The number of halogens is 1. The standard InChI is InChI=1S/C18H15FN2O3S2/c19-16-8-1-2-9-17(16)21-18(22)13-5-3-7-15(11-13)26(23,24)20-12-14-6-4-10-25-14/h1-11,20H,12H2,(H,21,22). The average Bonchev–Trinajstić information content (AvgIpc) is 3.16. The first-order valence-electron chi connectivity index (χ1n) is 7.64. The number of carbonyl (C=O) groups is 1. The third-order valence-electron chi connectivity index (χ3n) is 3.55. The van der Waals surface area contributed by atoms with E-state index in [0.29, 0.717) is 0 Å². The zero-order valence-electron chi connectivity index (χ0n) is 13.5. The highest BCUT2D eigenvalue weighted by molar-refractivity contribution is 7.89. The van der Waals surface area contributed by atoms with Gasteiger partial charge in [0.1, 0.15) is 5.82 Å². The number of hydrogen-bond donors (Lipinski definition) is 2. The van der Waals surface area contributed by atoms with Crippen molar-refractivity contribution in [2.24, 2.45) is 0 Å². The Morgan fingerprint density at radius 1 is 1.04 bits per heavy atom. The molecule has 3 aromatic rings. The van der Waals surface area contributed by atoms with E-state index < -0.39 is 21.7 Å². The Labute approximate surface area is 154 Å². The fraction of sp³-hybridized carbons (Fsp3) is 0.0556. The molecule has 5 nitrogen and oxygen atoms in total. The number of thiophene rings is 1. The highest BCUT2D eigenvalue weighted by atomic mass is 32.2. The van der Waals surface area contributed by atoms with Crippen molar-refractivity contribution in [1.29, 1.82) is 0 Å². The topological polar surface area (TPSA) is 75.3 Å². The first kappa shape index (κ1) is 18.2. The summed E-state index contributed by atoms with van der Waals surface area (Å²) < 4.78 is 41.0. The quantitative estimate of drug-likeness (QED) is 0.675. The molecule has 0 bridgehead atoms. The lowest BCUT2D eigenvalue weighted by Gasteiger charge is -2.09. The molecule has 8 heteroatoms. The zero-order valence-corrected chi connectivity index (χ0v) is 15.1. The van der Waals surface area contributed by atoms with E-state index in [1.807, 2.05) is 17.5 Å². The van der Waals surface area contributed by atoms with Gasteiger partial charge in [-0.2, -0.15) is 0 Å². The summed E-state index contributed by atoms with van der Waals surface area (Å²) in [7, 11) is -3.77. The maximum atomic E-state index is 13.6. The summed E-state index contributed by atoms with van der Waals surface area (Å²) in [6.45, 7) is 0.172. The normalized spacial score (nSPS) is 11.3. The van der Waals surface area contributed by atoms with Crippen molar-refractivity contribution in [2.75, 3.05) is 5.32 Å². The highest BCUT2D eigenvalue weighted by Crippen LogP contribution is 2.17. The van der Waals surface area contributed by atoms with Gasteiger partial charge in [0.2, 0.25) is 10.0 Å². The minimum Gasteiger partial charge on any atom is -0.319 e. The number of amides is 1. The van der Waals surface area contributed by atoms with Crippen molar-refractivity contribution < 1.29 is 17.6 Å². The third-order valence-corrected chi connectivity index (χ3v) is 5.82. The molecule has 0 radical (unpaired) electrons. The first-order chi connectivity index (χ1) is 12.5. The van der Waals surface area contributed by atoms with Gasteiger partial charge in [-0.15, -0.1) is 11.3 Å². The minimum absolute atomic E-state index is 0.0292. The molecule has 134 valence electrons. The van der Waals surface area contributed by atoms with Crippen molar-refractivity contribution in [1.82, 2.24) is 4.72 Å². The van der Waals surface area contributed by atoms with E-state index in [4.69, 9.17) is 0 Å². The van der Waals surface area contributed by atoms with Gasteiger partial charge in [-0.1, -0.05) is 24.3 Å². The molecule has 26 heavy (non-hydrogen) atoms. The molecule has 1 aromatic heterocycles. The average molecular weight is 390 g/mol. The Morgan fingerprint density at radius 2 is 1.85 bits per heavy atom. The molecule has 0 saturated carbocycles. The van der Waals surface area contributed by atoms with Crippen molar-refractivity contribution in [3.8, 4) is 0 Å². The van der Waals surface area contributed by atoms with Gasteiger partial charge in [0.15, 0.2) is 0 Å². The van der Waals surface area contributed by atoms with E-state index in [1.54, 1.807) is 6.07 Å². The molecule has 3 rings (SSSR count). The lowest BCUT2D eigenvalue weighted by Crippen LogP contribution is -2.23. The van der Waals surface area contributed by atoms with Crippen LogP contribution >= 0.6 is 11.3 Å². The molecule has 0 aliphatic heterocycles. The van der Waals surface area contributed by atoms with E-state index >= 15 is 0 Å². The number of para-hydroxylation sites is 1. The van der Waals surface area contributed by atoms with E-state index in [9.17, 15) is 17.6 Å². The molecule has 2 aromatic carbocycles. The molecular formula is C18H15FN2O3S2. The van der Waals surface area contributed by atoms with Gasteiger partial charge in [-0.05, 0) is 41.8 Å². The molecule has 1 amide bonds. The van der Waals surface area contributed by atoms with E-state index in [1.165, 1.54) is 53.8 Å². The SMILES string of the molecule is O=C(Nc1ccccc1F)c1cccc(S(=O)(=O)NCc2cccs2)c1. The lowest BCUT2D eigenvalue weighted by molar-refractivity contribution is 0.102. The van der Waals surface area contributed by atoms with Crippen LogP contribution in [0.4, 0.5) is 10.1 Å². The van der Waals surface area contributed by atoms with Crippen molar-refractivity contribution in [3.63, 3.8) is 0 Å². The minimum atomic E-state index is -3.77. The highest BCUT2D eigenvalue weighted by Gasteiger charge is 2.17. The fourth-order valence-corrected chi connectivity index (χ4v) is 4.01. The Balaban J connectivity index is 1.76. The number of sulfonamides is 1. The summed E-state index contributed by atoms with van der Waals surface area (Å²) in [5.74, 6) is -1.16. The molecule has 1 heterocycles. The van der Waals surface area contributed by atoms with Crippen LogP contribution in [0.2, 0.25) is 0 Å². The van der Waals surface area contributed by atoms with Crippen LogP contribution < -0.4 is 10.0 Å². The molecule has 0 aliphatic carbocycles. The Kier molecular flexibility index (Phi) is 5.46. The summed E-state index contributed by atoms with van der Waals surface area (Å²) in [6, 6.07) is 15.0. The zero-order chi connectivity index (χ0) is 18.6. The van der Waals surface area contributed by atoms with Crippen LogP contribution in [-0.2, 0) is 16.6 Å². The molecule has 0 aliphatic rings. The second-order valence-corrected chi connectivity index (χ2v) is 8.16. The number of rotatable bonds is 6. The predicted octanol–water partition coefficient (Wildman–Crippen LogP) is 3.62. The second kappa shape index (κ2) is 7.77. The summed E-state index contributed by atoms with van der Waals surface area (Å²) >= 11 is 1.44. The van der Waals surface area contributed by atoms with Crippen molar-refractivity contribution >= 4 is 33.0 Å². The van der Waals surface area contributed by atoms with Crippen LogP contribution in [-0.4, -0.2) is 14.3 Å². The largest absolute Gasteiger partial charge is 0.319 e. The third kappa shape index (κ3) is 4.34. The van der Waals surface area contributed by atoms with Crippen molar-refractivity contribution in [2.45, 2.75) is 11.4 Å². The first-order valence-corrected chi connectivity index (χ1v) is 10.00. The number of benzene rings is 2. The van der Waals surface area contributed by atoms with Gasteiger partial charge < -0.3 is 5.32 Å². The van der Waals surface area contributed by atoms with E-state index in [0.717, 1.165) is 4.88 Å². The van der Waals surface area contributed by atoms with Crippen LogP contribution in [0.3, 0.4) is 0 Å². The van der Waals surface area contributed by atoms with Gasteiger partial charge in [0, 0.05) is 17.0 Å². The molecule has 0 fully saturated rings. The number of hydrogen-bond acceptors (Lipinski definition) is 4. The fourth-order valence-electron chi connectivity index (χ4n) is 2.22. The maximum absolute atomic E-state index is 13.6. The molecule has 0 saturated heterocycles. The van der Waals surface area contributed by atoms with Crippen LogP contribution in [0.15, 0.2) is 70.9 Å². The van der Waals surface area contributed by atoms with Crippen molar-refractivity contribution in [3.05, 3.63) is 82.3 Å². The van der Waals surface area contributed by atoms with Gasteiger partial charge in [0.25, 0.3) is 5.91 Å². The second-order valence-electron chi connectivity index (χ2n) is 5.37. The predicted molar refractivity (Wildman–Crippen MR) is 99.1 cm³/mol. The maximum Gasteiger partial charge on any atom is 0.255 e. The Hall–Kier alpha value is -2.55. The van der Waals surface area contributed by atoms with Gasteiger partial charge in [0.05, 0.1) is 10.6 Å². The van der Waals surface area contributed by atoms with Crippen LogP contribution in [0.25, 0.3) is 0 Å².